The summed E-state index contributed by atoms with van der Waals surface area (Å²) in [6.07, 6.45) is 5.38. The van der Waals surface area contributed by atoms with Crippen LogP contribution < -0.4 is 10.2 Å². The first-order chi connectivity index (χ1) is 19.1. The van der Waals surface area contributed by atoms with Crippen LogP contribution in [0.15, 0.2) is 70.7 Å². The maximum atomic E-state index is 13.4. The number of hydrogen-bond donors (Lipinski definition) is 1. The normalized spacial score (nSPS) is 24.3. The lowest BCUT2D eigenvalue weighted by Crippen LogP contribution is -2.66. The molecule has 4 heterocycles. The first-order valence-corrected chi connectivity index (χ1v) is 14.7. The van der Waals surface area contributed by atoms with E-state index in [1.165, 1.54) is 0 Å². The molecule has 2 atom stereocenters. The van der Waals surface area contributed by atoms with Crippen LogP contribution >= 0.6 is 10.2 Å². The molecule has 14 heteroatoms. The molecule has 2 saturated heterocycles. The molecule has 0 amide bonds. The predicted octanol–water partition coefficient (Wildman–Crippen LogP) is 6.34. The van der Waals surface area contributed by atoms with E-state index in [2.05, 4.69) is 15.5 Å². The number of aryl methyl sites for hydroxylation is 1. The summed E-state index contributed by atoms with van der Waals surface area (Å²) in [5.74, 6) is 1.47. The van der Waals surface area contributed by atoms with E-state index in [1.54, 1.807) is 13.4 Å². The van der Waals surface area contributed by atoms with E-state index in [4.69, 9.17) is 14.2 Å². The third-order valence-electron chi connectivity index (χ3n) is 7.35. The van der Waals surface area contributed by atoms with Crippen LogP contribution in [0.25, 0.3) is 11.8 Å². The van der Waals surface area contributed by atoms with Gasteiger partial charge in [-0.25, -0.2) is 4.98 Å². The third-order valence-corrected chi connectivity index (χ3v) is 8.51. The number of halogens is 5. The molecule has 2 unspecified atom stereocenters. The van der Waals surface area contributed by atoms with Crippen LogP contribution in [0.2, 0.25) is 0 Å². The number of imidazole rings is 1. The Morgan fingerprint density at radius 1 is 1.10 bits per heavy atom. The summed E-state index contributed by atoms with van der Waals surface area (Å²) < 4.78 is 86.2. The van der Waals surface area contributed by atoms with Gasteiger partial charge in [-0.05, 0) is 55.3 Å². The topological polar surface area (TPSA) is 73.1 Å². The molecular weight excluding hydrogens is 569 g/mol. The van der Waals surface area contributed by atoms with Gasteiger partial charge in [0, 0.05) is 6.20 Å². The van der Waals surface area contributed by atoms with Crippen molar-refractivity contribution in [1.29, 1.82) is 0 Å². The van der Waals surface area contributed by atoms with Crippen molar-refractivity contribution in [2.24, 2.45) is 5.10 Å². The average Bonchev–Trinajstić information content (AvgIpc) is 3.32. The summed E-state index contributed by atoms with van der Waals surface area (Å²) in [4.78, 5) is 4.28. The summed E-state index contributed by atoms with van der Waals surface area (Å²) in [6, 6.07) is 7.87. The summed E-state index contributed by atoms with van der Waals surface area (Å²) in [5.41, 5.74) is 5.17. The maximum Gasteiger partial charge on any atom is 0.310 e. The predicted molar refractivity (Wildman–Crippen MR) is 145 cm³/mol. The van der Waals surface area contributed by atoms with Crippen LogP contribution in [0.4, 0.5) is 19.4 Å². The van der Waals surface area contributed by atoms with Crippen molar-refractivity contribution in [3.05, 3.63) is 77.6 Å². The molecule has 1 aromatic heterocycles. The van der Waals surface area contributed by atoms with Crippen LogP contribution in [-0.4, -0.2) is 58.8 Å². The summed E-state index contributed by atoms with van der Waals surface area (Å²) in [7, 11) is -8.22. The number of benzene rings is 2. The highest BCUT2D eigenvalue weighted by molar-refractivity contribution is 8.45. The lowest BCUT2D eigenvalue weighted by Gasteiger charge is -2.53. The van der Waals surface area contributed by atoms with E-state index in [1.807, 2.05) is 53.8 Å². The van der Waals surface area contributed by atoms with Gasteiger partial charge < -0.3 is 29.1 Å². The molecule has 6 rings (SSSR count). The SMILES string of the molecule is COc1cc(/C=C2\OC3(COC3)CN3C2=NNC(C)C3c2ccc(S(F)(F)(F)(F)F)cc2)ccc1-n1cnc(C)c1. The lowest BCUT2D eigenvalue weighted by atomic mass is 9.92. The van der Waals surface area contributed by atoms with E-state index in [-0.39, 0.29) is 6.04 Å². The zero-order chi connectivity index (χ0) is 29.3. The number of methoxy groups -OCH3 is 1. The minimum Gasteiger partial charge on any atom is -0.495 e. The molecule has 8 nitrogen and oxygen atoms in total. The fraction of sp³-hybridized carbons (Fsp3) is 0.333. The highest BCUT2D eigenvalue weighted by Crippen LogP contribution is 3.02. The second-order valence-corrected chi connectivity index (χ2v) is 13.0. The molecule has 41 heavy (non-hydrogen) atoms. The van der Waals surface area contributed by atoms with Gasteiger partial charge in [-0.1, -0.05) is 37.6 Å². The standard InChI is InChI=1S/C27H28F5N5O3S/c1-17-12-36(16-33-17)22-9-4-19(10-23(22)38-3)11-24-26-35-34-18(2)25(37(26)13-27(40-24)14-39-15-27)20-5-7-21(8-6-20)41(28,29,30,31)32/h4-12,16,18,25,34H,13-15H2,1-3H3/b24-11-. The van der Waals surface area contributed by atoms with Gasteiger partial charge in [-0.3, -0.25) is 0 Å². The fourth-order valence-corrected chi connectivity index (χ4v) is 6.01. The number of nitrogens with one attached hydrogen (secondary N) is 1. The van der Waals surface area contributed by atoms with Crippen LogP contribution in [-0.2, 0) is 9.47 Å². The zero-order valence-electron chi connectivity index (χ0n) is 22.4. The molecule has 1 N–H and O–H groups in total. The summed E-state index contributed by atoms with van der Waals surface area (Å²) in [6.45, 7) is 4.70. The molecule has 0 aliphatic carbocycles. The van der Waals surface area contributed by atoms with E-state index < -0.39 is 26.8 Å². The number of hydrazone groups is 1. The number of ether oxygens (including phenoxy) is 3. The number of morpholine rings is 1. The zero-order valence-corrected chi connectivity index (χ0v) is 23.2. The van der Waals surface area contributed by atoms with Crippen molar-refractivity contribution in [1.82, 2.24) is 19.9 Å². The summed E-state index contributed by atoms with van der Waals surface area (Å²) in [5, 5.41) is 4.52. The minimum absolute atomic E-state index is 0.314. The Morgan fingerprint density at radius 3 is 2.41 bits per heavy atom. The van der Waals surface area contributed by atoms with Crippen molar-refractivity contribution in [3.8, 4) is 11.4 Å². The number of fused-ring (bicyclic) bond motifs is 1. The Kier molecular flexibility index (Phi) is 5.76. The van der Waals surface area contributed by atoms with Crippen molar-refractivity contribution in [2.75, 3.05) is 26.9 Å². The second-order valence-electron chi connectivity index (χ2n) is 10.6. The van der Waals surface area contributed by atoms with Gasteiger partial charge in [0.1, 0.15) is 10.6 Å². The fourth-order valence-electron chi connectivity index (χ4n) is 5.36. The number of nitrogens with zero attached hydrogens (tertiary/aromatic N) is 4. The number of aromatic nitrogens is 2. The largest absolute Gasteiger partial charge is 0.495 e. The minimum atomic E-state index is -9.79. The van der Waals surface area contributed by atoms with Crippen molar-refractivity contribution in [2.45, 2.75) is 36.4 Å². The molecule has 1 spiro atoms. The number of hydrogen-bond acceptors (Lipinski definition) is 7. The molecular formula is C27H28F5N5O3S. The monoisotopic (exact) mass is 597 g/mol. The van der Waals surface area contributed by atoms with E-state index in [0.717, 1.165) is 29.1 Å². The molecule has 0 radical (unpaired) electrons. The van der Waals surface area contributed by atoms with E-state index in [0.29, 0.717) is 54.8 Å². The number of amidine groups is 1. The Bertz CT molecular complexity index is 1570. The van der Waals surface area contributed by atoms with Gasteiger partial charge in [0.15, 0.2) is 17.2 Å². The molecule has 0 saturated carbocycles. The van der Waals surface area contributed by atoms with Crippen LogP contribution in [0.3, 0.4) is 0 Å². The van der Waals surface area contributed by atoms with Crippen LogP contribution in [0.5, 0.6) is 5.75 Å². The van der Waals surface area contributed by atoms with Crippen molar-refractivity contribution >= 4 is 22.1 Å². The van der Waals surface area contributed by atoms with E-state index >= 15 is 0 Å². The first kappa shape index (κ1) is 27.4. The van der Waals surface area contributed by atoms with Gasteiger partial charge in [0.05, 0.1) is 56.7 Å². The third kappa shape index (κ3) is 5.10. The molecule has 220 valence electrons. The van der Waals surface area contributed by atoms with Gasteiger partial charge in [-0.2, -0.15) is 5.10 Å². The highest BCUT2D eigenvalue weighted by atomic mass is 32.5. The first-order valence-electron chi connectivity index (χ1n) is 12.8. The highest BCUT2D eigenvalue weighted by Gasteiger charge is 2.65. The Balaban J connectivity index is 1.37. The number of rotatable bonds is 5. The Morgan fingerprint density at radius 2 is 1.83 bits per heavy atom. The Labute approximate surface area is 233 Å². The van der Waals surface area contributed by atoms with Crippen molar-refractivity contribution in [3.63, 3.8) is 0 Å². The van der Waals surface area contributed by atoms with Crippen LogP contribution in [0, 0.1) is 6.92 Å². The molecule has 0 bridgehead atoms. The average molecular weight is 598 g/mol. The Hall–Kier alpha value is -3.78. The van der Waals surface area contributed by atoms with E-state index in [9.17, 15) is 19.4 Å². The molecule has 3 aromatic rings. The molecule has 3 aliphatic heterocycles. The van der Waals surface area contributed by atoms with Gasteiger partial charge in [-0.15, -0.1) is 0 Å². The molecule has 2 fully saturated rings. The molecule has 3 aliphatic rings. The quantitative estimate of drug-likeness (QED) is 0.347. The molecule has 2 aromatic carbocycles. The lowest BCUT2D eigenvalue weighted by molar-refractivity contribution is -0.202. The van der Waals surface area contributed by atoms with Crippen LogP contribution in [0.1, 0.15) is 29.8 Å². The van der Waals surface area contributed by atoms with Gasteiger partial charge in [0.2, 0.25) is 0 Å². The maximum absolute atomic E-state index is 13.4. The van der Waals surface area contributed by atoms with Gasteiger partial charge in [0.25, 0.3) is 0 Å². The van der Waals surface area contributed by atoms with Crippen molar-refractivity contribution < 1.29 is 33.6 Å². The smallest absolute Gasteiger partial charge is 0.310 e. The van der Waals surface area contributed by atoms with Gasteiger partial charge >= 0.3 is 10.2 Å². The second kappa shape index (κ2) is 8.61. The summed E-state index contributed by atoms with van der Waals surface area (Å²) >= 11 is 0.